The number of carbonyl (C=O) groups excluding carboxylic acids is 2. The topological polar surface area (TPSA) is 52.7 Å². The highest BCUT2D eigenvalue weighted by Crippen LogP contribution is 2.27. The van der Waals surface area contributed by atoms with Crippen LogP contribution in [0.3, 0.4) is 0 Å². The summed E-state index contributed by atoms with van der Waals surface area (Å²) in [5, 5.41) is 3.02. The summed E-state index contributed by atoms with van der Waals surface area (Å²) in [6.45, 7) is 7.62. The van der Waals surface area contributed by atoms with E-state index in [1.165, 1.54) is 5.56 Å². The van der Waals surface area contributed by atoms with Crippen LogP contribution in [-0.2, 0) is 11.3 Å². The molecule has 1 N–H and O–H groups in total. The fraction of sp³-hybridized carbons (Fsp3) is 0.440. The third-order valence-corrected chi connectivity index (χ3v) is 6.57. The van der Waals surface area contributed by atoms with Crippen LogP contribution in [0, 0.1) is 0 Å². The van der Waals surface area contributed by atoms with Gasteiger partial charge < -0.3 is 10.2 Å². The fourth-order valence-corrected chi connectivity index (χ4v) is 4.63. The predicted octanol–water partition coefficient (Wildman–Crippen LogP) is 4.77. The highest BCUT2D eigenvalue weighted by atomic mass is 79.9. The molecule has 1 saturated heterocycles. The lowest BCUT2D eigenvalue weighted by molar-refractivity contribution is -0.123. The number of hydrogen-bond donors (Lipinski definition) is 1. The number of nitrogens with one attached hydrogen (secondary N) is 1. The number of hydrogen-bond acceptors (Lipinski definition) is 3. The summed E-state index contributed by atoms with van der Waals surface area (Å²) in [4.78, 5) is 29.2. The van der Waals surface area contributed by atoms with E-state index in [2.05, 4.69) is 46.1 Å². The van der Waals surface area contributed by atoms with Crippen LogP contribution in [-0.4, -0.2) is 47.8 Å². The van der Waals surface area contributed by atoms with Crippen molar-refractivity contribution in [3.63, 3.8) is 0 Å². The molecule has 5 nitrogen and oxygen atoms in total. The maximum atomic E-state index is 12.6. The summed E-state index contributed by atoms with van der Waals surface area (Å²) in [7, 11) is 0. The Morgan fingerprint density at radius 2 is 1.77 bits per heavy atom. The van der Waals surface area contributed by atoms with Crippen molar-refractivity contribution in [3.8, 4) is 0 Å². The lowest BCUT2D eigenvalue weighted by Crippen LogP contribution is -2.38. The molecule has 2 aromatic rings. The second kappa shape index (κ2) is 11.4. The van der Waals surface area contributed by atoms with Gasteiger partial charge in [-0.1, -0.05) is 53.2 Å². The number of halogens is 1. The number of nitrogens with zero attached hydrogens (tertiary/aromatic N) is 2. The molecule has 1 unspecified atom stereocenters. The molecule has 0 aromatic heterocycles. The summed E-state index contributed by atoms with van der Waals surface area (Å²) in [5.41, 5.74) is 2.89. The van der Waals surface area contributed by atoms with Crippen molar-refractivity contribution < 1.29 is 9.59 Å². The van der Waals surface area contributed by atoms with E-state index in [1.807, 2.05) is 47.4 Å². The van der Waals surface area contributed by atoms with Gasteiger partial charge in [0.1, 0.15) is 0 Å². The Morgan fingerprint density at radius 1 is 1.10 bits per heavy atom. The van der Waals surface area contributed by atoms with Crippen molar-refractivity contribution in [1.82, 2.24) is 15.1 Å². The van der Waals surface area contributed by atoms with Crippen molar-refractivity contribution in [2.45, 2.75) is 45.7 Å². The molecule has 1 aliphatic rings. The van der Waals surface area contributed by atoms with Crippen LogP contribution in [0.1, 0.15) is 60.6 Å². The Labute approximate surface area is 193 Å². The first-order chi connectivity index (χ1) is 15.0. The van der Waals surface area contributed by atoms with E-state index in [4.69, 9.17) is 0 Å². The summed E-state index contributed by atoms with van der Waals surface area (Å²) in [5.74, 6) is 0.105. The van der Waals surface area contributed by atoms with Crippen LogP contribution < -0.4 is 5.32 Å². The number of benzene rings is 2. The van der Waals surface area contributed by atoms with Gasteiger partial charge in [0.15, 0.2) is 0 Å². The first kappa shape index (κ1) is 23.5. The van der Waals surface area contributed by atoms with Gasteiger partial charge in [-0.15, -0.1) is 0 Å². The van der Waals surface area contributed by atoms with Crippen LogP contribution in [0.25, 0.3) is 0 Å². The molecule has 2 amide bonds. The van der Waals surface area contributed by atoms with Crippen molar-refractivity contribution >= 4 is 27.7 Å². The van der Waals surface area contributed by atoms with Crippen LogP contribution in [0.15, 0.2) is 53.0 Å². The molecule has 0 spiro atoms. The molecule has 6 heteroatoms. The summed E-state index contributed by atoms with van der Waals surface area (Å²) < 4.78 is 1.06. The average molecular weight is 486 g/mol. The fourth-order valence-electron chi connectivity index (χ4n) is 4.02. The molecule has 0 bridgehead atoms. The van der Waals surface area contributed by atoms with E-state index < -0.39 is 0 Å². The Morgan fingerprint density at radius 3 is 2.42 bits per heavy atom. The van der Waals surface area contributed by atoms with Crippen LogP contribution in [0.5, 0.6) is 0 Å². The van der Waals surface area contributed by atoms with E-state index >= 15 is 0 Å². The van der Waals surface area contributed by atoms with E-state index in [0.29, 0.717) is 18.7 Å². The molecular weight excluding hydrogens is 454 g/mol. The smallest absolute Gasteiger partial charge is 0.253 e. The maximum Gasteiger partial charge on any atom is 0.253 e. The maximum absolute atomic E-state index is 12.6. The molecule has 0 radical (unpaired) electrons. The van der Waals surface area contributed by atoms with Gasteiger partial charge in [0, 0.05) is 35.7 Å². The third kappa shape index (κ3) is 6.40. The first-order valence-corrected chi connectivity index (χ1v) is 11.9. The SMILES string of the molecule is CCCN(CC(=O)NCc1ccc(C(=O)N2CCCC2)cc1)C(C)c1ccccc1Br. The third-order valence-electron chi connectivity index (χ3n) is 5.84. The van der Waals surface area contributed by atoms with Gasteiger partial charge in [-0.2, -0.15) is 0 Å². The van der Waals surface area contributed by atoms with E-state index in [0.717, 1.165) is 48.9 Å². The van der Waals surface area contributed by atoms with Gasteiger partial charge in [0.2, 0.25) is 5.91 Å². The van der Waals surface area contributed by atoms with Gasteiger partial charge in [-0.3, -0.25) is 14.5 Å². The van der Waals surface area contributed by atoms with Crippen molar-refractivity contribution in [2.24, 2.45) is 0 Å². The van der Waals surface area contributed by atoms with Gasteiger partial charge in [-0.25, -0.2) is 0 Å². The first-order valence-electron chi connectivity index (χ1n) is 11.1. The monoisotopic (exact) mass is 485 g/mol. The van der Waals surface area contributed by atoms with Crippen molar-refractivity contribution in [3.05, 3.63) is 69.7 Å². The molecule has 2 aromatic carbocycles. The molecule has 166 valence electrons. The zero-order valence-electron chi connectivity index (χ0n) is 18.4. The molecule has 31 heavy (non-hydrogen) atoms. The number of amides is 2. The van der Waals surface area contributed by atoms with Crippen LogP contribution >= 0.6 is 15.9 Å². The van der Waals surface area contributed by atoms with Gasteiger partial charge in [0.05, 0.1) is 6.54 Å². The highest BCUT2D eigenvalue weighted by molar-refractivity contribution is 9.10. The molecular formula is C25H32BrN3O2. The Kier molecular flexibility index (Phi) is 8.67. The zero-order valence-corrected chi connectivity index (χ0v) is 20.0. The van der Waals surface area contributed by atoms with Gasteiger partial charge >= 0.3 is 0 Å². The van der Waals surface area contributed by atoms with E-state index in [9.17, 15) is 9.59 Å². The Balaban J connectivity index is 1.54. The van der Waals surface area contributed by atoms with Gasteiger partial charge in [0.25, 0.3) is 5.91 Å². The Bertz CT molecular complexity index is 879. The largest absolute Gasteiger partial charge is 0.351 e. The summed E-state index contributed by atoms with van der Waals surface area (Å²) in [6.07, 6.45) is 3.16. The molecule has 1 heterocycles. The molecule has 3 rings (SSSR count). The molecule has 1 atom stereocenters. The predicted molar refractivity (Wildman–Crippen MR) is 128 cm³/mol. The second-order valence-electron chi connectivity index (χ2n) is 8.14. The minimum absolute atomic E-state index is 0.00423. The lowest BCUT2D eigenvalue weighted by Gasteiger charge is -2.29. The number of likely N-dealkylation sites (tertiary alicyclic amines) is 1. The van der Waals surface area contributed by atoms with Crippen LogP contribution in [0.4, 0.5) is 0 Å². The summed E-state index contributed by atoms with van der Waals surface area (Å²) in [6, 6.07) is 15.9. The van der Waals surface area contributed by atoms with Crippen LogP contribution in [0.2, 0.25) is 0 Å². The Hall–Kier alpha value is -2.18. The van der Waals surface area contributed by atoms with Crippen molar-refractivity contribution in [2.75, 3.05) is 26.2 Å². The van der Waals surface area contributed by atoms with Crippen molar-refractivity contribution in [1.29, 1.82) is 0 Å². The molecule has 1 fully saturated rings. The summed E-state index contributed by atoms with van der Waals surface area (Å²) >= 11 is 3.63. The highest BCUT2D eigenvalue weighted by Gasteiger charge is 2.21. The van der Waals surface area contributed by atoms with E-state index in [-0.39, 0.29) is 17.9 Å². The quantitative estimate of drug-likeness (QED) is 0.556. The van der Waals surface area contributed by atoms with Gasteiger partial charge in [-0.05, 0) is 62.1 Å². The second-order valence-corrected chi connectivity index (χ2v) is 9.00. The average Bonchev–Trinajstić information content (AvgIpc) is 3.32. The number of rotatable bonds is 9. The minimum Gasteiger partial charge on any atom is -0.351 e. The molecule has 0 aliphatic carbocycles. The normalized spacial score (nSPS) is 14.6. The molecule has 0 saturated carbocycles. The minimum atomic E-state index is 0.00423. The zero-order chi connectivity index (χ0) is 22.2. The standard InChI is InChI=1S/C25H32BrN3O2/c1-3-14-29(19(2)22-8-4-5-9-23(22)26)18-24(30)27-17-20-10-12-21(13-11-20)25(31)28-15-6-7-16-28/h4-5,8-13,19H,3,6-7,14-18H2,1-2H3,(H,27,30). The molecule has 1 aliphatic heterocycles. The number of carbonyl (C=O) groups is 2. The van der Waals surface area contributed by atoms with E-state index in [1.54, 1.807) is 0 Å². The lowest BCUT2D eigenvalue weighted by atomic mass is 10.1.